The van der Waals surface area contributed by atoms with E-state index in [1.54, 1.807) is 0 Å². The second kappa shape index (κ2) is 4.20. The van der Waals surface area contributed by atoms with E-state index >= 15 is 0 Å². The molecular weight excluding hydrogens is 265 g/mol. The summed E-state index contributed by atoms with van der Waals surface area (Å²) in [6, 6.07) is 0. The molecule has 0 saturated heterocycles. The van der Waals surface area contributed by atoms with E-state index in [2.05, 4.69) is 53.9 Å². The van der Waals surface area contributed by atoms with Crippen LogP contribution in [0.4, 0.5) is 0 Å². The Hall–Kier alpha value is -0.130. The van der Waals surface area contributed by atoms with Gasteiger partial charge in [0.25, 0.3) is 0 Å². The largest absolute Gasteiger partial charge is 0.188 e. The molecule has 0 unspecified atom stereocenters. The Morgan fingerprint density at radius 2 is 2.17 bits per heavy atom. The van der Waals surface area contributed by atoms with Gasteiger partial charge in [0.1, 0.15) is 0 Å². The molecule has 0 fully saturated rings. The lowest BCUT2D eigenvalue weighted by Gasteiger charge is -2.04. The van der Waals surface area contributed by atoms with Gasteiger partial charge < -0.3 is 0 Å². The predicted molar refractivity (Wildman–Crippen MR) is 57.4 cm³/mol. The molecule has 12 heavy (non-hydrogen) atoms. The number of aromatic nitrogens is 3. The van der Waals surface area contributed by atoms with Crippen LogP contribution < -0.4 is 0 Å². The molecule has 0 atom stereocenters. The Balaban J connectivity index is 2.86. The fraction of sp³-hybridized carbons (Fsp3) is 0.750. The molecule has 1 aromatic heterocycles. The first kappa shape index (κ1) is 9.95. The maximum Gasteiger partial charge on any atom is 0.0867 e. The Bertz CT molecular complexity index is 255. The molecule has 1 aromatic rings. The zero-order valence-corrected chi connectivity index (χ0v) is 9.87. The minimum atomic E-state index is 0.669. The number of nitrogens with zero attached hydrogens (tertiary/aromatic N) is 3. The van der Waals surface area contributed by atoms with E-state index in [-0.39, 0.29) is 0 Å². The monoisotopic (exact) mass is 279 g/mol. The molecule has 0 bridgehead atoms. The molecule has 0 aliphatic heterocycles. The average molecular weight is 279 g/mol. The molecule has 3 nitrogen and oxygen atoms in total. The van der Waals surface area contributed by atoms with E-state index in [9.17, 15) is 0 Å². The minimum Gasteiger partial charge on any atom is -0.188 e. The van der Waals surface area contributed by atoms with Crippen molar-refractivity contribution < 1.29 is 0 Å². The number of hydrogen-bond acceptors (Lipinski definition) is 2. The van der Waals surface area contributed by atoms with E-state index in [1.165, 1.54) is 5.69 Å². The molecule has 0 aliphatic carbocycles. The summed E-state index contributed by atoms with van der Waals surface area (Å²) >= 11 is 2.18. The first-order chi connectivity index (χ1) is 5.65. The first-order valence-corrected chi connectivity index (χ1v) is 5.21. The van der Waals surface area contributed by atoms with Crippen molar-refractivity contribution in [2.45, 2.75) is 33.6 Å². The average Bonchev–Trinajstić information content (AvgIpc) is 2.32. The van der Waals surface area contributed by atoms with Crippen LogP contribution in [0.15, 0.2) is 0 Å². The maximum atomic E-state index is 4.09. The Morgan fingerprint density at radius 1 is 1.50 bits per heavy atom. The molecule has 0 saturated carbocycles. The van der Waals surface area contributed by atoms with E-state index in [0.717, 1.165) is 18.5 Å². The SMILES string of the molecule is CCc1nnn(I)c1CC(C)C. The van der Waals surface area contributed by atoms with Crippen molar-refractivity contribution >= 4 is 22.9 Å². The molecule has 0 radical (unpaired) electrons. The number of aryl methyl sites for hydroxylation is 1. The third-order valence-electron chi connectivity index (χ3n) is 1.74. The van der Waals surface area contributed by atoms with Crippen molar-refractivity contribution in [1.29, 1.82) is 0 Å². The highest BCUT2D eigenvalue weighted by molar-refractivity contribution is 14.1. The van der Waals surface area contributed by atoms with Crippen LogP contribution in [-0.2, 0) is 12.8 Å². The van der Waals surface area contributed by atoms with Crippen molar-refractivity contribution in [3.8, 4) is 0 Å². The molecule has 0 amide bonds. The molecule has 0 aliphatic rings. The summed E-state index contributed by atoms with van der Waals surface area (Å²) in [5, 5.41) is 8.09. The lowest BCUT2D eigenvalue weighted by Crippen LogP contribution is -2.01. The Morgan fingerprint density at radius 3 is 2.67 bits per heavy atom. The summed E-state index contributed by atoms with van der Waals surface area (Å²) in [6.07, 6.45) is 2.05. The quantitative estimate of drug-likeness (QED) is 0.794. The predicted octanol–water partition coefficient (Wildman–Crippen LogP) is 2.24. The molecule has 0 spiro atoms. The molecular formula is C8H14IN3. The lowest BCUT2D eigenvalue weighted by atomic mass is 10.1. The molecule has 0 N–H and O–H groups in total. The van der Waals surface area contributed by atoms with Crippen molar-refractivity contribution in [1.82, 2.24) is 13.2 Å². The van der Waals surface area contributed by atoms with Crippen LogP contribution in [0.25, 0.3) is 0 Å². The van der Waals surface area contributed by atoms with Crippen molar-refractivity contribution in [3.63, 3.8) is 0 Å². The highest BCUT2D eigenvalue weighted by Crippen LogP contribution is 2.13. The van der Waals surface area contributed by atoms with Crippen LogP contribution in [0, 0.1) is 5.92 Å². The number of rotatable bonds is 3. The summed E-state index contributed by atoms with van der Waals surface area (Å²) in [6.45, 7) is 6.54. The highest BCUT2D eigenvalue weighted by atomic mass is 127. The fourth-order valence-electron chi connectivity index (χ4n) is 1.17. The van der Waals surface area contributed by atoms with Crippen LogP contribution in [0.5, 0.6) is 0 Å². The van der Waals surface area contributed by atoms with Gasteiger partial charge in [-0.3, -0.25) is 0 Å². The van der Waals surface area contributed by atoms with Crippen LogP contribution >= 0.6 is 22.9 Å². The zero-order chi connectivity index (χ0) is 9.14. The maximum absolute atomic E-state index is 4.09. The number of halogens is 1. The standard InChI is InChI=1S/C8H14IN3/c1-4-7-8(5-6(2)3)12(9)11-10-7/h6H,4-5H2,1-3H3. The molecule has 0 aromatic carbocycles. The normalized spacial score (nSPS) is 11.1. The van der Waals surface area contributed by atoms with Crippen LogP contribution in [0.2, 0.25) is 0 Å². The summed E-state index contributed by atoms with van der Waals surface area (Å²) in [5.74, 6) is 0.669. The Kier molecular flexibility index (Phi) is 3.49. The van der Waals surface area contributed by atoms with E-state index in [1.807, 2.05) is 2.90 Å². The summed E-state index contributed by atoms with van der Waals surface area (Å²) in [7, 11) is 0. The molecule has 68 valence electrons. The zero-order valence-electron chi connectivity index (χ0n) is 7.71. The third kappa shape index (κ3) is 2.18. The fourth-order valence-corrected chi connectivity index (χ4v) is 1.74. The number of hydrogen-bond donors (Lipinski definition) is 0. The summed E-state index contributed by atoms with van der Waals surface area (Å²) in [5.41, 5.74) is 2.41. The van der Waals surface area contributed by atoms with Crippen LogP contribution in [0.3, 0.4) is 0 Å². The van der Waals surface area contributed by atoms with Crippen LogP contribution in [0.1, 0.15) is 32.2 Å². The summed E-state index contributed by atoms with van der Waals surface area (Å²) < 4.78 is 1.86. The van der Waals surface area contributed by atoms with Crippen molar-refractivity contribution in [3.05, 3.63) is 11.4 Å². The first-order valence-electron chi connectivity index (χ1n) is 4.24. The second-order valence-corrected chi connectivity index (χ2v) is 4.21. The molecule has 1 rings (SSSR count). The van der Waals surface area contributed by atoms with Gasteiger partial charge >= 0.3 is 0 Å². The van der Waals surface area contributed by atoms with E-state index in [4.69, 9.17) is 0 Å². The lowest BCUT2D eigenvalue weighted by molar-refractivity contribution is 0.627. The van der Waals surface area contributed by atoms with E-state index < -0.39 is 0 Å². The van der Waals surface area contributed by atoms with Gasteiger partial charge in [-0.05, 0) is 18.8 Å². The van der Waals surface area contributed by atoms with E-state index in [0.29, 0.717) is 5.92 Å². The summed E-state index contributed by atoms with van der Waals surface area (Å²) in [4.78, 5) is 0. The molecule has 1 heterocycles. The van der Waals surface area contributed by atoms with Gasteiger partial charge in [-0.15, -0.1) is 5.10 Å². The Labute approximate surface area is 87.0 Å². The topological polar surface area (TPSA) is 30.7 Å². The van der Waals surface area contributed by atoms with Gasteiger partial charge in [0.2, 0.25) is 0 Å². The minimum absolute atomic E-state index is 0.669. The van der Waals surface area contributed by atoms with Crippen molar-refractivity contribution in [2.75, 3.05) is 0 Å². The van der Waals surface area contributed by atoms with Gasteiger partial charge in [-0.25, -0.2) is 0 Å². The highest BCUT2D eigenvalue weighted by Gasteiger charge is 2.10. The van der Waals surface area contributed by atoms with Crippen molar-refractivity contribution in [2.24, 2.45) is 5.92 Å². The van der Waals surface area contributed by atoms with Gasteiger partial charge in [0.05, 0.1) is 34.3 Å². The van der Waals surface area contributed by atoms with Gasteiger partial charge in [0, 0.05) is 0 Å². The molecule has 4 heteroatoms. The van der Waals surface area contributed by atoms with Gasteiger partial charge in [-0.1, -0.05) is 26.0 Å². The smallest absolute Gasteiger partial charge is 0.0867 e. The third-order valence-corrected chi connectivity index (χ3v) is 2.51. The second-order valence-electron chi connectivity index (χ2n) is 3.29. The van der Waals surface area contributed by atoms with Gasteiger partial charge in [0.15, 0.2) is 0 Å². The van der Waals surface area contributed by atoms with Crippen LogP contribution in [-0.4, -0.2) is 13.2 Å². The van der Waals surface area contributed by atoms with Gasteiger partial charge in [-0.2, -0.15) is 2.90 Å².